The number of hydrogen-bond donors (Lipinski definition) is 2. The van der Waals surface area contributed by atoms with Crippen LogP contribution in [-0.2, 0) is 0 Å². The summed E-state index contributed by atoms with van der Waals surface area (Å²) in [6, 6.07) is 10.4. The molecule has 0 amide bonds. The van der Waals surface area contributed by atoms with E-state index < -0.39 is 0 Å². The molecule has 0 fully saturated rings. The molecule has 0 unspecified atom stereocenters. The van der Waals surface area contributed by atoms with Crippen LogP contribution in [0.25, 0.3) is 11.1 Å². The molecule has 0 radical (unpaired) electrons. The molecule has 22 heavy (non-hydrogen) atoms. The standard InChI is InChI=1S/C17H15FN2S2/c1-10(2)22-17-14(18)7-13(9-20)16(21)15(17)12-5-3-11(8-19)4-6-12/h3-7,9-10,20-21H,1-2H3. The summed E-state index contributed by atoms with van der Waals surface area (Å²) >= 11 is 5.92. The van der Waals surface area contributed by atoms with Crippen LogP contribution in [0.1, 0.15) is 25.0 Å². The minimum atomic E-state index is -0.352. The molecular weight excluding hydrogens is 315 g/mol. The monoisotopic (exact) mass is 330 g/mol. The second kappa shape index (κ2) is 6.99. The maximum atomic E-state index is 14.5. The molecule has 2 aromatic carbocycles. The van der Waals surface area contributed by atoms with Crippen molar-refractivity contribution < 1.29 is 4.39 Å². The van der Waals surface area contributed by atoms with Crippen LogP contribution in [0, 0.1) is 22.6 Å². The molecule has 0 aliphatic carbocycles. The Morgan fingerprint density at radius 2 is 1.95 bits per heavy atom. The van der Waals surface area contributed by atoms with Crippen LogP contribution < -0.4 is 0 Å². The number of thiol groups is 1. The van der Waals surface area contributed by atoms with Crippen molar-refractivity contribution in [2.75, 3.05) is 0 Å². The number of thioether (sulfide) groups is 1. The SMILES string of the molecule is CC(C)Sc1c(F)cc(C=N)c(S)c1-c1ccc(C#N)cc1. The van der Waals surface area contributed by atoms with E-state index in [-0.39, 0.29) is 11.1 Å². The zero-order valence-corrected chi connectivity index (χ0v) is 13.9. The van der Waals surface area contributed by atoms with E-state index in [1.807, 2.05) is 13.8 Å². The summed E-state index contributed by atoms with van der Waals surface area (Å²) in [5.74, 6) is -0.352. The van der Waals surface area contributed by atoms with Gasteiger partial charge in [-0.25, -0.2) is 4.39 Å². The minimum Gasteiger partial charge on any atom is -0.308 e. The van der Waals surface area contributed by atoms with Crippen LogP contribution in [0.4, 0.5) is 4.39 Å². The quantitative estimate of drug-likeness (QED) is 0.462. The van der Waals surface area contributed by atoms with Gasteiger partial charge in [-0.15, -0.1) is 24.4 Å². The van der Waals surface area contributed by atoms with Gasteiger partial charge in [-0.1, -0.05) is 26.0 Å². The summed E-state index contributed by atoms with van der Waals surface area (Å²) in [6.07, 6.45) is 1.10. The molecule has 0 bridgehead atoms. The van der Waals surface area contributed by atoms with E-state index in [0.29, 0.717) is 26.5 Å². The maximum Gasteiger partial charge on any atom is 0.138 e. The van der Waals surface area contributed by atoms with Gasteiger partial charge in [0.05, 0.1) is 16.5 Å². The van der Waals surface area contributed by atoms with Crippen molar-refractivity contribution in [1.29, 1.82) is 10.7 Å². The lowest BCUT2D eigenvalue weighted by atomic mass is 10.0. The number of rotatable bonds is 4. The molecule has 0 spiro atoms. The predicted octanol–water partition coefficient (Wildman–Crippen LogP) is 5.15. The molecule has 1 N–H and O–H groups in total. The molecule has 0 aliphatic rings. The van der Waals surface area contributed by atoms with Crippen molar-refractivity contribution in [1.82, 2.24) is 0 Å². The summed E-state index contributed by atoms with van der Waals surface area (Å²) in [6.45, 7) is 3.99. The van der Waals surface area contributed by atoms with Crippen LogP contribution in [0.5, 0.6) is 0 Å². The molecule has 2 aromatic rings. The summed E-state index contributed by atoms with van der Waals surface area (Å²) in [7, 11) is 0. The number of benzene rings is 2. The van der Waals surface area contributed by atoms with Gasteiger partial charge >= 0.3 is 0 Å². The molecule has 2 rings (SSSR count). The van der Waals surface area contributed by atoms with Crippen molar-refractivity contribution in [2.24, 2.45) is 0 Å². The average molecular weight is 330 g/mol. The fourth-order valence-electron chi connectivity index (χ4n) is 2.08. The largest absolute Gasteiger partial charge is 0.308 e. The van der Waals surface area contributed by atoms with Gasteiger partial charge in [-0.3, -0.25) is 0 Å². The first-order valence-electron chi connectivity index (χ1n) is 6.71. The van der Waals surface area contributed by atoms with Crippen molar-refractivity contribution in [3.8, 4) is 17.2 Å². The van der Waals surface area contributed by atoms with Crippen molar-refractivity contribution in [3.05, 3.63) is 47.3 Å². The topological polar surface area (TPSA) is 47.6 Å². The number of nitrogens with one attached hydrogen (secondary N) is 1. The maximum absolute atomic E-state index is 14.5. The van der Waals surface area contributed by atoms with Crippen LogP contribution >= 0.6 is 24.4 Å². The fourth-order valence-corrected chi connectivity index (χ4v) is 3.51. The normalized spacial score (nSPS) is 10.5. The Balaban J connectivity index is 2.71. The molecule has 0 heterocycles. The van der Waals surface area contributed by atoms with Gasteiger partial charge in [0.25, 0.3) is 0 Å². The van der Waals surface area contributed by atoms with Gasteiger partial charge < -0.3 is 5.41 Å². The first-order chi connectivity index (χ1) is 10.5. The van der Waals surface area contributed by atoms with E-state index in [9.17, 15) is 4.39 Å². The Kier molecular flexibility index (Phi) is 5.28. The highest BCUT2D eigenvalue weighted by atomic mass is 32.2. The van der Waals surface area contributed by atoms with Crippen LogP contribution in [0.15, 0.2) is 40.1 Å². The number of hydrogen-bond acceptors (Lipinski definition) is 4. The first kappa shape index (κ1) is 16.6. The zero-order chi connectivity index (χ0) is 16.3. The summed E-state index contributed by atoms with van der Waals surface area (Å²) in [5, 5.41) is 16.5. The van der Waals surface area contributed by atoms with Gasteiger partial charge in [0.15, 0.2) is 0 Å². The van der Waals surface area contributed by atoms with Gasteiger partial charge in [0.2, 0.25) is 0 Å². The van der Waals surface area contributed by atoms with E-state index in [0.717, 1.165) is 11.8 Å². The van der Waals surface area contributed by atoms with E-state index >= 15 is 0 Å². The zero-order valence-electron chi connectivity index (χ0n) is 12.2. The predicted molar refractivity (Wildman–Crippen MR) is 92.7 cm³/mol. The summed E-state index contributed by atoms with van der Waals surface area (Å²) < 4.78 is 14.5. The van der Waals surface area contributed by atoms with Gasteiger partial charge in [-0.05, 0) is 23.8 Å². The van der Waals surface area contributed by atoms with Crippen LogP contribution in [0.3, 0.4) is 0 Å². The molecule has 2 nitrogen and oxygen atoms in total. The molecule has 0 atom stereocenters. The van der Waals surface area contributed by atoms with E-state index in [2.05, 4.69) is 18.7 Å². The minimum absolute atomic E-state index is 0.213. The van der Waals surface area contributed by atoms with Crippen molar-refractivity contribution in [3.63, 3.8) is 0 Å². The molecule has 112 valence electrons. The van der Waals surface area contributed by atoms with Crippen molar-refractivity contribution >= 4 is 30.6 Å². The molecular formula is C17H15FN2S2. The van der Waals surface area contributed by atoms with Crippen LogP contribution in [0.2, 0.25) is 0 Å². The number of halogens is 1. The summed E-state index contributed by atoms with van der Waals surface area (Å²) in [4.78, 5) is 1.10. The third kappa shape index (κ3) is 3.34. The van der Waals surface area contributed by atoms with E-state index in [4.69, 9.17) is 10.7 Å². The van der Waals surface area contributed by atoms with Gasteiger partial charge in [0, 0.05) is 27.5 Å². The van der Waals surface area contributed by atoms with E-state index in [1.54, 1.807) is 24.3 Å². The second-order valence-corrected chi connectivity index (χ2v) is 7.03. The third-order valence-electron chi connectivity index (χ3n) is 3.05. The lowest BCUT2D eigenvalue weighted by molar-refractivity contribution is 0.600. The van der Waals surface area contributed by atoms with Gasteiger partial charge in [0.1, 0.15) is 5.82 Å². The van der Waals surface area contributed by atoms with Gasteiger partial charge in [-0.2, -0.15) is 5.26 Å². The Morgan fingerprint density at radius 1 is 1.32 bits per heavy atom. The Morgan fingerprint density at radius 3 is 2.45 bits per heavy atom. The molecule has 0 aromatic heterocycles. The summed E-state index contributed by atoms with van der Waals surface area (Å²) in [5.41, 5.74) is 2.44. The molecule has 5 heteroatoms. The molecule has 0 saturated heterocycles. The first-order valence-corrected chi connectivity index (χ1v) is 8.03. The Bertz CT molecular complexity index is 747. The average Bonchev–Trinajstić information content (AvgIpc) is 2.50. The number of nitriles is 1. The third-order valence-corrected chi connectivity index (χ3v) is 4.64. The lowest BCUT2D eigenvalue weighted by Gasteiger charge is -2.17. The highest BCUT2D eigenvalue weighted by molar-refractivity contribution is 8.00. The number of nitrogens with zero attached hydrogens (tertiary/aromatic N) is 1. The second-order valence-electron chi connectivity index (χ2n) is 5.00. The van der Waals surface area contributed by atoms with E-state index in [1.165, 1.54) is 17.8 Å². The smallest absolute Gasteiger partial charge is 0.138 e. The highest BCUT2D eigenvalue weighted by Crippen LogP contribution is 2.41. The fraction of sp³-hybridized carbons (Fsp3) is 0.176. The highest BCUT2D eigenvalue weighted by Gasteiger charge is 2.18. The molecule has 0 aliphatic heterocycles. The van der Waals surface area contributed by atoms with Crippen molar-refractivity contribution in [2.45, 2.75) is 28.9 Å². The Labute approximate surface area is 139 Å². The molecule has 0 saturated carbocycles. The Hall–Kier alpha value is -1.77. The lowest BCUT2D eigenvalue weighted by Crippen LogP contribution is -1.98. The van der Waals surface area contributed by atoms with Crippen LogP contribution in [-0.4, -0.2) is 11.5 Å².